The molecular weight excluding hydrogens is 232 g/mol. The van der Waals surface area contributed by atoms with Gasteiger partial charge in [-0.1, -0.05) is 12.1 Å². The number of carboxylic acid groups (broad SMARTS) is 1. The number of hydrogen-bond donors (Lipinski definition) is 1. The minimum Gasteiger partial charge on any atom is -0.478 e. The van der Waals surface area contributed by atoms with Crippen molar-refractivity contribution in [2.24, 2.45) is 0 Å². The molecule has 0 aliphatic carbocycles. The van der Waals surface area contributed by atoms with E-state index in [2.05, 4.69) is 4.98 Å². The zero-order valence-corrected chi connectivity index (χ0v) is 9.20. The summed E-state index contributed by atoms with van der Waals surface area (Å²) in [6, 6.07) is 11.2. The van der Waals surface area contributed by atoms with Crippen LogP contribution in [0.3, 0.4) is 0 Å². The van der Waals surface area contributed by atoms with Gasteiger partial charge in [-0.05, 0) is 18.2 Å². The maximum absolute atomic E-state index is 11.0. The highest BCUT2D eigenvalue weighted by Gasteiger charge is 2.11. The molecule has 0 amide bonds. The largest absolute Gasteiger partial charge is 0.478 e. The van der Waals surface area contributed by atoms with Crippen molar-refractivity contribution in [2.45, 2.75) is 0 Å². The molecule has 0 spiro atoms. The molecule has 0 aliphatic heterocycles. The van der Waals surface area contributed by atoms with Crippen LogP contribution >= 0.6 is 0 Å². The van der Waals surface area contributed by atoms with Crippen molar-refractivity contribution in [3.05, 3.63) is 53.9 Å². The van der Waals surface area contributed by atoms with E-state index in [1.165, 1.54) is 18.3 Å². The van der Waals surface area contributed by atoms with E-state index in [0.29, 0.717) is 5.75 Å². The number of pyridine rings is 1. The van der Waals surface area contributed by atoms with Crippen LogP contribution in [0.25, 0.3) is 0 Å². The Labute approximate surface area is 103 Å². The lowest BCUT2D eigenvalue weighted by molar-refractivity contribution is 0.0694. The van der Waals surface area contributed by atoms with Gasteiger partial charge in [0.2, 0.25) is 0 Å². The number of aromatic carboxylic acids is 1. The summed E-state index contributed by atoms with van der Waals surface area (Å²) in [5.41, 5.74) is 0.271. The van der Waals surface area contributed by atoms with Crippen molar-refractivity contribution in [2.75, 3.05) is 0 Å². The second-order valence-electron chi connectivity index (χ2n) is 3.39. The molecule has 2 rings (SSSR count). The number of para-hydroxylation sites is 1. The van der Waals surface area contributed by atoms with E-state index in [1.54, 1.807) is 24.3 Å². The highest BCUT2D eigenvalue weighted by atomic mass is 16.5. The second kappa shape index (κ2) is 4.97. The van der Waals surface area contributed by atoms with Crippen LogP contribution in [-0.4, -0.2) is 16.1 Å². The fourth-order valence-corrected chi connectivity index (χ4v) is 1.40. The first-order valence-electron chi connectivity index (χ1n) is 5.07. The molecule has 88 valence electrons. The highest BCUT2D eigenvalue weighted by molar-refractivity contribution is 5.90. The zero-order valence-electron chi connectivity index (χ0n) is 9.20. The van der Waals surface area contributed by atoms with Crippen LogP contribution in [0.4, 0.5) is 0 Å². The first kappa shape index (κ1) is 11.6. The Hall–Kier alpha value is -2.87. The minimum atomic E-state index is -1.07. The number of carboxylic acids is 1. The summed E-state index contributed by atoms with van der Waals surface area (Å²) < 4.78 is 5.44. The van der Waals surface area contributed by atoms with Gasteiger partial charge in [0.1, 0.15) is 28.8 Å². The number of nitrogens with zero attached hydrogens (tertiary/aromatic N) is 2. The maximum atomic E-state index is 11.0. The van der Waals surface area contributed by atoms with E-state index >= 15 is 0 Å². The molecule has 1 aromatic carbocycles. The van der Waals surface area contributed by atoms with Crippen LogP contribution in [0, 0.1) is 11.3 Å². The maximum Gasteiger partial charge on any atom is 0.339 e. The Balaban J connectivity index is 2.34. The quantitative estimate of drug-likeness (QED) is 0.890. The third-order valence-electron chi connectivity index (χ3n) is 2.19. The Morgan fingerprint density at radius 2 is 2.11 bits per heavy atom. The van der Waals surface area contributed by atoms with Crippen LogP contribution in [0.15, 0.2) is 42.6 Å². The number of carbonyl (C=O) groups is 1. The number of ether oxygens (including phenoxy) is 1. The molecule has 0 bridgehead atoms. The summed E-state index contributed by atoms with van der Waals surface area (Å²) in [6.07, 6.45) is 1.43. The molecule has 0 unspecified atom stereocenters. The molecule has 1 heterocycles. The smallest absolute Gasteiger partial charge is 0.339 e. The van der Waals surface area contributed by atoms with Gasteiger partial charge in [-0.25, -0.2) is 9.78 Å². The first-order valence-corrected chi connectivity index (χ1v) is 5.07. The van der Waals surface area contributed by atoms with Gasteiger partial charge in [-0.2, -0.15) is 5.26 Å². The monoisotopic (exact) mass is 240 g/mol. The molecule has 18 heavy (non-hydrogen) atoms. The SMILES string of the molecule is N#Cc1cc(Oc2ccccc2C(=O)O)ccn1. The fourth-order valence-electron chi connectivity index (χ4n) is 1.40. The highest BCUT2D eigenvalue weighted by Crippen LogP contribution is 2.25. The van der Waals surface area contributed by atoms with Gasteiger partial charge in [-0.15, -0.1) is 0 Å². The Morgan fingerprint density at radius 1 is 1.33 bits per heavy atom. The van der Waals surface area contributed by atoms with Gasteiger partial charge in [0, 0.05) is 12.3 Å². The predicted octanol–water partition coefficient (Wildman–Crippen LogP) is 2.44. The van der Waals surface area contributed by atoms with E-state index < -0.39 is 5.97 Å². The molecule has 5 heteroatoms. The number of benzene rings is 1. The Kier molecular flexibility index (Phi) is 3.21. The van der Waals surface area contributed by atoms with Crippen LogP contribution in [0.2, 0.25) is 0 Å². The number of hydrogen-bond acceptors (Lipinski definition) is 4. The molecule has 5 nitrogen and oxygen atoms in total. The minimum absolute atomic E-state index is 0.0628. The van der Waals surface area contributed by atoms with E-state index in [0.717, 1.165) is 0 Å². The predicted molar refractivity (Wildman–Crippen MR) is 62.4 cm³/mol. The second-order valence-corrected chi connectivity index (χ2v) is 3.39. The normalized spacial score (nSPS) is 9.50. The van der Waals surface area contributed by atoms with Gasteiger partial charge in [0.05, 0.1) is 0 Å². The summed E-state index contributed by atoms with van der Waals surface area (Å²) in [5.74, 6) is -0.476. The van der Waals surface area contributed by atoms with Crippen molar-refractivity contribution in [3.63, 3.8) is 0 Å². The molecule has 0 saturated carbocycles. The molecule has 0 fully saturated rings. The zero-order chi connectivity index (χ0) is 13.0. The average molecular weight is 240 g/mol. The van der Waals surface area contributed by atoms with Crippen molar-refractivity contribution in [1.29, 1.82) is 5.26 Å². The third-order valence-corrected chi connectivity index (χ3v) is 2.19. The summed E-state index contributed by atoms with van der Waals surface area (Å²) >= 11 is 0. The lowest BCUT2D eigenvalue weighted by Crippen LogP contribution is -1.99. The van der Waals surface area contributed by atoms with E-state index in [9.17, 15) is 4.79 Å². The van der Waals surface area contributed by atoms with Gasteiger partial charge in [0.15, 0.2) is 0 Å². The van der Waals surface area contributed by atoms with Crippen LogP contribution in [-0.2, 0) is 0 Å². The van der Waals surface area contributed by atoms with E-state index in [1.807, 2.05) is 6.07 Å². The van der Waals surface area contributed by atoms with Gasteiger partial charge in [0.25, 0.3) is 0 Å². The van der Waals surface area contributed by atoms with Gasteiger partial charge >= 0.3 is 5.97 Å². The lowest BCUT2D eigenvalue weighted by Gasteiger charge is -2.08. The summed E-state index contributed by atoms with van der Waals surface area (Å²) in [7, 11) is 0. The molecule has 0 aliphatic rings. The van der Waals surface area contributed by atoms with Gasteiger partial charge in [-0.3, -0.25) is 0 Å². The van der Waals surface area contributed by atoms with Crippen molar-refractivity contribution < 1.29 is 14.6 Å². The molecule has 0 radical (unpaired) electrons. The topological polar surface area (TPSA) is 83.2 Å². The van der Waals surface area contributed by atoms with Crippen molar-refractivity contribution >= 4 is 5.97 Å². The molecular formula is C13H8N2O3. The summed E-state index contributed by atoms with van der Waals surface area (Å²) in [6.45, 7) is 0. The number of rotatable bonds is 3. The van der Waals surface area contributed by atoms with Crippen LogP contribution in [0.5, 0.6) is 11.5 Å². The average Bonchev–Trinajstić information content (AvgIpc) is 2.39. The third kappa shape index (κ3) is 2.44. The van der Waals surface area contributed by atoms with Crippen molar-refractivity contribution in [1.82, 2.24) is 4.98 Å². The molecule has 1 aromatic heterocycles. The van der Waals surface area contributed by atoms with Crippen molar-refractivity contribution in [3.8, 4) is 17.6 Å². The molecule has 0 atom stereocenters. The van der Waals surface area contributed by atoms with Crippen LogP contribution < -0.4 is 4.74 Å². The number of aromatic nitrogens is 1. The lowest BCUT2D eigenvalue weighted by atomic mass is 10.2. The summed E-state index contributed by atoms with van der Waals surface area (Å²) in [4.78, 5) is 14.8. The molecule has 0 saturated heterocycles. The van der Waals surface area contributed by atoms with E-state index in [4.69, 9.17) is 15.1 Å². The molecule has 1 N–H and O–H groups in total. The van der Waals surface area contributed by atoms with Crippen LogP contribution in [0.1, 0.15) is 16.1 Å². The first-order chi connectivity index (χ1) is 8.70. The summed E-state index contributed by atoms with van der Waals surface area (Å²) in [5, 5.41) is 17.7. The van der Waals surface area contributed by atoms with E-state index in [-0.39, 0.29) is 17.0 Å². The standard InChI is InChI=1S/C13H8N2O3/c14-8-9-7-10(5-6-15-9)18-12-4-2-1-3-11(12)13(16)17/h1-7H,(H,16,17). The Bertz CT molecular complexity index is 632. The fraction of sp³-hybridized carbons (Fsp3) is 0. The number of nitriles is 1. The Morgan fingerprint density at radius 3 is 2.83 bits per heavy atom. The van der Waals surface area contributed by atoms with Gasteiger partial charge < -0.3 is 9.84 Å². The molecule has 2 aromatic rings.